The van der Waals surface area contributed by atoms with Gasteiger partial charge in [-0.1, -0.05) is 11.6 Å². The number of ether oxygens (including phenoxy) is 1. The maximum absolute atomic E-state index is 11.1. The first-order valence-corrected chi connectivity index (χ1v) is 3.82. The molecule has 0 saturated carbocycles. The van der Waals surface area contributed by atoms with Gasteiger partial charge in [-0.2, -0.15) is 0 Å². The Bertz CT molecular complexity index is 354. The van der Waals surface area contributed by atoms with E-state index in [9.17, 15) is 4.79 Å². The molecule has 0 radical (unpaired) electrons. The van der Waals surface area contributed by atoms with E-state index in [-0.39, 0.29) is 16.8 Å². The summed E-state index contributed by atoms with van der Waals surface area (Å²) in [7, 11) is 1.26. The molecule has 0 unspecified atom stereocenters. The third kappa shape index (κ3) is 1.86. The van der Waals surface area contributed by atoms with E-state index in [1.54, 1.807) is 6.92 Å². The summed E-state index contributed by atoms with van der Waals surface area (Å²) in [6, 6.07) is 0. The van der Waals surface area contributed by atoms with Crippen LogP contribution in [-0.2, 0) is 4.74 Å². The number of anilines is 1. The van der Waals surface area contributed by atoms with Crippen LogP contribution in [0.4, 0.5) is 5.95 Å². The highest BCUT2D eigenvalue weighted by Gasteiger charge is 2.15. The van der Waals surface area contributed by atoms with Gasteiger partial charge < -0.3 is 10.5 Å². The van der Waals surface area contributed by atoms with Gasteiger partial charge in [-0.05, 0) is 6.92 Å². The molecule has 1 heterocycles. The zero-order valence-electron chi connectivity index (χ0n) is 7.17. The van der Waals surface area contributed by atoms with Crippen LogP contribution < -0.4 is 5.73 Å². The second-order valence-electron chi connectivity index (χ2n) is 2.34. The number of hydrogen-bond donors (Lipinski definition) is 1. The Hall–Kier alpha value is -1.36. The number of nitrogen functional groups attached to an aromatic ring is 1. The van der Waals surface area contributed by atoms with Crippen molar-refractivity contribution in [2.24, 2.45) is 0 Å². The Balaban J connectivity index is 3.28. The van der Waals surface area contributed by atoms with E-state index in [0.717, 1.165) is 0 Å². The van der Waals surface area contributed by atoms with Gasteiger partial charge in [0.15, 0.2) is 5.69 Å². The second-order valence-corrected chi connectivity index (χ2v) is 2.70. The first-order valence-electron chi connectivity index (χ1n) is 3.44. The molecule has 0 amide bonds. The van der Waals surface area contributed by atoms with Crippen LogP contribution in [0, 0.1) is 6.92 Å². The van der Waals surface area contributed by atoms with Crippen molar-refractivity contribution < 1.29 is 9.53 Å². The summed E-state index contributed by atoms with van der Waals surface area (Å²) in [6.07, 6.45) is 0. The number of methoxy groups -OCH3 is 1. The number of carbonyl (C=O) groups is 1. The number of hydrogen-bond acceptors (Lipinski definition) is 5. The zero-order valence-corrected chi connectivity index (χ0v) is 7.92. The van der Waals surface area contributed by atoms with Crippen molar-refractivity contribution in [2.45, 2.75) is 6.92 Å². The van der Waals surface area contributed by atoms with E-state index in [1.165, 1.54) is 7.11 Å². The topological polar surface area (TPSA) is 78.1 Å². The maximum Gasteiger partial charge on any atom is 0.357 e. The summed E-state index contributed by atoms with van der Waals surface area (Å²) in [4.78, 5) is 18.5. The van der Waals surface area contributed by atoms with Crippen molar-refractivity contribution in [3.63, 3.8) is 0 Å². The lowest BCUT2D eigenvalue weighted by Crippen LogP contribution is -2.10. The lowest BCUT2D eigenvalue weighted by atomic mass is 10.2. The van der Waals surface area contributed by atoms with Gasteiger partial charge in [-0.25, -0.2) is 14.8 Å². The molecule has 2 N–H and O–H groups in total. The summed E-state index contributed by atoms with van der Waals surface area (Å²) in [5.74, 6) is -0.621. The van der Waals surface area contributed by atoms with Gasteiger partial charge >= 0.3 is 5.97 Å². The molecular formula is C7H8ClN3O2. The molecule has 0 saturated heterocycles. The highest BCUT2D eigenvalue weighted by atomic mass is 35.5. The highest BCUT2D eigenvalue weighted by molar-refractivity contribution is 6.30. The zero-order chi connectivity index (χ0) is 10.0. The molecule has 0 bridgehead atoms. The van der Waals surface area contributed by atoms with E-state index >= 15 is 0 Å². The van der Waals surface area contributed by atoms with Gasteiger partial charge in [0, 0.05) is 5.56 Å². The van der Waals surface area contributed by atoms with Crippen molar-refractivity contribution >= 4 is 23.5 Å². The van der Waals surface area contributed by atoms with Crippen LogP contribution in [0.3, 0.4) is 0 Å². The lowest BCUT2D eigenvalue weighted by molar-refractivity contribution is 0.0593. The average Bonchev–Trinajstić information content (AvgIpc) is 2.10. The largest absolute Gasteiger partial charge is 0.464 e. The molecule has 0 atom stereocenters. The van der Waals surface area contributed by atoms with Gasteiger partial charge in [0.25, 0.3) is 0 Å². The van der Waals surface area contributed by atoms with E-state index in [4.69, 9.17) is 17.3 Å². The number of esters is 1. The van der Waals surface area contributed by atoms with E-state index < -0.39 is 5.97 Å². The molecule has 1 rings (SSSR count). The Labute approximate surface area is 79.9 Å². The predicted molar refractivity (Wildman–Crippen MR) is 47.5 cm³/mol. The number of aromatic nitrogens is 2. The minimum Gasteiger partial charge on any atom is -0.464 e. The van der Waals surface area contributed by atoms with Crippen LogP contribution in [0.5, 0.6) is 0 Å². The smallest absolute Gasteiger partial charge is 0.357 e. The van der Waals surface area contributed by atoms with Gasteiger partial charge in [0.1, 0.15) is 5.15 Å². The number of nitrogens with two attached hydrogens (primary N) is 1. The maximum atomic E-state index is 11.1. The Morgan fingerprint density at radius 1 is 1.54 bits per heavy atom. The monoisotopic (exact) mass is 201 g/mol. The van der Waals surface area contributed by atoms with Crippen molar-refractivity contribution in [2.75, 3.05) is 12.8 Å². The summed E-state index contributed by atoms with van der Waals surface area (Å²) >= 11 is 5.68. The molecule has 5 nitrogen and oxygen atoms in total. The van der Waals surface area contributed by atoms with Crippen LogP contribution >= 0.6 is 11.6 Å². The van der Waals surface area contributed by atoms with Gasteiger partial charge in [-0.15, -0.1) is 0 Å². The lowest BCUT2D eigenvalue weighted by Gasteiger charge is -2.04. The molecule has 1 aromatic heterocycles. The van der Waals surface area contributed by atoms with Crippen molar-refractivity contribution in [3.05, 3.63) is 16.4 Å². The van der Waals surface area contributed by atoms with Crippen molar-refractivity contribution in [1.82, 2.24) is 9.97 Å². The molecule has 0 aliphatic carbocycles. The molecule has 1 aromatic rings. The van der Waals surface area contributed by atoms with Crippen molar-refractivity contribution in [3.8, 4) is 0 Å². The summed E-state index contributed by atoms with van der Waals surface area (Å²) in [5, 5.41) is 0.160. The van der Waals surface area contributed by atoms with Crippen molar-refractivity contribution in [1.29, 1.82) is 0 Å². The third-order valence-electron chi connectivity index (χ3n) is 1.48. The van der Waals surface area contributed by atoms with E-state index in [0.29, 0.717) is 5.56 Å². The summed E-state index contributed by atoms with van der Waals surface area (Å²) in [5.41, 5.74) is 5.86. The summed E-state index contributed by atoms with van der Waals surface area (Å²) in [6.45, 7) is 1.62. The number of rotatable bonds is 1. The molecule has 0 aliphatic heterocycles. The van der Waals surface area contributed by atoms with Crippen LogP contribution in [0.2, 0.25) is 5.15 Å². The summed E-state index contributed by atoms with van der Waals surface area (Å²) < 4.78 is 4.48. The number of halogens is 1. The molecule has 13 heavy (non-hydrogen) atoms. The predicted octanol–water partition coefficient (Wildman–Crippen LogP) is 0.807. The molecule has 6 heteroatoms. The Morgan fingerprint density at radius 2 is 2.15 bits per heavy atom. The molecule has 0 aliphatic rings. The number of nitrogens with zero attached hydrogens (tertiary/aromatic N) is 2. The van der Waals surface area contributed by atoms with Gasteiger partial charge in [0.2, 0.25) is 5.95 Å². The minimum absolute atomic E-state index is 0.0454. The standard InChI is InChI=1S/C7H8ClN3O2/c1-3-4(6(12)13-2)10-7(9)11-5(3)8/h1-2H3,(H2,9,10,11). The first kappa shape index (κ1) is 9.73. The molecular weight excluding hydrogens is 194 g/mol. The molecule has 70 valence electrons. The van der Waals surface area contributed by atoms with Crippen LogP contribution in [0.25, 0.3) is 0 Å². The number of carbonyl (C=O) groups excluding carboxylic acids is 1. The fourth-order valence-corrected chi connectivity index (χ4v) is 0.977. The van der Waals surface area contributed by atoms with E-state index in [1.807, 2.05) is 0 Å². The van der Waals surface area contributed by atoms with E-state index in [2.05, 4.69) is 14.7 Å². The van der Waals surface area contributed by atoms with Gasteiger partial charge in [0.05, 0.1) is 7.11 Å². The van der Waals surface area contributed by atoms with Crippen LogP contribution in [0.15, 0.2) is 0 Å². The average molecular weight is 202 g/mol. The quantitative estimate of drug-likeness (QED) is 0.537. The SMILES string of the molecule is COC(=O)c1nc(N)nc(Cl)c1C. The molecule has 0 spiro atoms. The van der Waals surface area contributed by atoms with Crippen LogP contribution in [0.1, 0.15) is 16.1 Å². The highest BCUT2D eigenvalue weighted by Crippen LogP contribution is 2.16. The fourth-order valence-electron chi connectivity index (χ4n) is 0.801. The molecule has 0 aromatic carbocycles. The minimum atomic E-state index is -0.575. The first-order chi connectivity index (χ1) is 6.06. The fraction of sp³-hybridized carbons (Fsp3) is 0.286. The second kappa shape index (κ2) is 3.57. The van der Waals surface area contributed by atoms with Gasteiger partial charge in [-0.3, -0.25) is 0 Å². The molecule has 0 fully saturated rings. The Morgan fingerprint density at radius 3 is 2.69 bits per heavy atom. The Kier molecular flexibility index (Phi) is 2.67. The van der Waals surface area contributed by atoms with Crippen LogP contribution in [-0.4, -0.2) is 23.0 Å². The normalized spacial score (nSPS) is 9.77. The third-order valence-corrected chi connectivity index (χ3v) is 1.85.